The lowest BCUT2D eigenvalue weighted by molar-refractivity contribution is 0.767. The fraction of sp³-hybridized carbons (Fsp3) is 0.308. The van der Waals surface area contributed by atoms with Crippen molar-refractivity contribution in [2.75, 3.05) is 5.32 Å². The molecular weight excluding hydrogens is 198 g/mol. The number of aryl methyl sites for hydroxylation is 2. The summed E-state index contributed by atoms with van der Waals surface area (Å²) >= 11 is 0. The molecule has 84 valence electrons. The van der Waals surface area contributed by atoms with E-state index in [9.17, 15) is 0 Å². The summed E-state index contributed by atoms with van der Waals surface area (Å²) in [7, 11) is 1.93. The third-order valence-corrected chi connectivity index (χ3v) is 2.64. The van der Waals surface area contributed by atoms with Crippen molar-refractivity contribution < 1.29 is 0 Å². The van der Waals surface area contributed by atoms with Gasteiger partial charge in [0, 0.05) is 31.0 Å². The SMILES string of the molecule is CCc1ccccc1NCc1cnn(C)c1. The van der Waals surface area contributed by atoms with Crippen molar-refractivity contribution in [2.24, 2.45) is 7.05 Å². The number of hydrogen-bond acceptors (Lipinski definition) is 2. The fourth-order valence-corrected chi connectivity index (χ4v) is 1.76. The van der Waals surface area contributed by atoms with Crippen LogP contribution in [0.3, 0.4) is 0 Å². The molecule has 3 heteroatoms. The third kappa shape index (κ3) is 2.42. The second kappa shape index (κ2) is 4.84. The Morgan fingerprint density at radius 1 is 1.31 bits per heavy atom. The van der Waals surface area contributed by atoms with Crippen LogP contribution in [0, 0.1) is 0 Å². The van der Waals surface area contributed by atoms with Gasteiger partial charge in [-0.2, -0.15) is 5.10 Å². The van der Waals surface area contributed by atoms with E-state index in [1.165, 1.54) is 16.8 Å². The molecule has 1 heterocycles. The van der Waals surface area contributed by atoms with E-state index in [1.54, 1.807) is 0 Å². The van der Waals surface area contributed by atoms with Crippen LogP contribution in [0.25, 0.3) is 0 Å². The zero-order chi connectivity index (χ0) is 11.4. The van der Waals surface area contributed by atoms with E-state index in [0.717, 1.165) is 13.0 Å². The van der Waals surface area contributed by atoms with Gasteiger partial charge in [0.05, 0.1) is 6.20 Å². The normalized spacial score (nSPS) is 10.4. The summed E-state index contributed by atoms with van der Waals surface area (Å²) in [4.78, 5) is 0. The third-order valence-electron chi connectivity index (χ3n) is 2.64. The minimum absolute atomic E-state index is 0.824. The maximum absolute atomic E-state index is 4.15. The Hall–Kier alpha value is -1.77. The molecule has 1 N–H and O–H groups in total. The Morgan fingerprint density at radius 2 is 2.12 bits per heavy atom. The first-order chi connectivity index (χ1) is 7.79. The van der Waals surface area contributed by atoms with Gasteiger partial charge in [0.25, 0.3) is 0 Å². The van der Waals surface area contributed by atoms with Crippen LogP contribution in [0.15, 0.2) is 36.7 Å². The van der Waals surface area contributed by atoms with Gasteiger partial charge in [-0.1, -0.05) is 25.1 Å². The van der Waals surface area contributed by atoms with Crippen LogP contribution in [-0.4, -0.2) is 9.78 Å². The van der Waals surface area contributed by atoms with Crippen molar-refractivity contribution in [3.63, 3.8) is 0 Å². The molecule has 0 aliphatic heterocycles. The van der Waals surface area contributed by atoms with Crippen LogP contribution in [0.2, 0.25) is 0 Å². The Balaban J connectivity index is 2.04. The number of anilines is 1. The van der Waals surface area contributed by atoms with E-state index in [1.807, 2.05) is 24.1 Å². The first-order valence-corrected chi connectivity index (χ1v) is 5.59. The van der Waals surface area contributed by atoms with Gasteiger partial charge in [0.1, 0.15) is 0 Å². The Kier molecular flexibility index (Phi) is 3.25. The van der Waals surface area contributed by atoms with Gasteiger partial charge in [-0.15, -0.1) is 0 Å². The van der Waals surface area contributed by atoms with Gasteiger partial charge in [-0.05, 0) is 18.1 Å². The first-order valence-electron chi connectivity index (χ1n) is 5.59. The molecule has 0 atom stereocenters. The molecular formula is C13H17N3. The highest BCUT2D eigenvalue weighted by molar-refractivity contribution is 5.51. The Labute approximate surface area is 96.1 Å². The van der Waals surface area contributed by atoms with Crippen molar-refractivity contribution in [1.29, 1.82) is 0 Å². The molecule has 3 nitrogen and oxygen atoms in total. The van der Waals surface area contributed by atoms with E-state index in [2.05, 4.69) is 41.6 Å². The molecule has 0 bridgehead atoms. The van der Waals surface area contributed by atoms with Gasteiger partial charge >= 0.3 is 0 Å². The minimum Gasteiger partial charge on any atom is -0.381 e. The molecule has 2 rings (SSSR count). The highest BCUT2D eigenvalue weighted by Crippen LogP contribution is 2.16. The van der Waals surface area contributed by atoms with Gasteiger partial charge in [0.2, 0.25) is 0 Å². The standard InChI is InChI=1S/C13H17N3/c1-3-12-6-4-5-7-13(12)14-8-11-9-15-16(2)10-11/h4-7,9-10,14H,3,8H2,1-2H3. The quantitative estimate of drug-likeness (QED) is 0.849. The van der Waals surface area contributed by atoms with Crippen molar-refractivity contribution >= 4 is 5.69 Å². The molecule has 0 aliphatic carbocycles. The molecule has 2 aromatic rings. The smallest absolute Gasteiger partial charge is 0.0539 e. The van der Waals surface area contributed by atoms with E-state index < -0.39 is 0 Å². The predicted octanol–water partition coefficient (Wildman–Crippen LogP) is 2.59. The van der Waals surface area contributed by atoms with E-state index in [4.69, 9.17) is 0 Å². The summed E-state index contributed by atoms with van der Waals surface area (Å²) in [5.74, 6) is 0. The van der Waals surface area contributed by atoms with Crippen LogP contribution in [0.4, 0.5) is 5.69 Å². The average Bonchev–Trinajstić information content (AvgIpc) is 2.73. The largest absolute Gasteiger partial charge is 0.381 e. The lowest BCUT2D eigenvalue weighted by Crippen LogP contribution is -2.01. The van der Waals surface area contributed by atoms with Gasteiger partial charge in [-0.25, -0.2) is 0 Å². The number of rotatable bonds is 4. The highest BCUT2D eigenvalue weighted by Gasteiger charge is 2.00. The number of hydrogen-bond donors (Lipinski definition) is 1. The summed E-state index contributed by atoms with van der Waals surface area (Å²) in [5.41, 5.74) is 3.77. The summed E-state index contributed by atoms with van der Waals surface area (Å²) < 4.78 is 1.82. The average molecular weight is 215 g/mol. The van der Waals surface area contributed by atoms with Crippen molar-refractivity contribution in [2.45, 2.75) is 19.9 Å². The molecule has 16 heavy (non-hydrogen) atoms. The number of benzene rings is 1. The van der Waals surface area contributed by atoms with Gasteiger partial charge in [-0.3, -0.25) is 4.68 Å². The number of aromatic nitrogens is 2. The van der Waals surface area contributed by atoms with Crippen molar-refractivity contribution in [3.05, 3.63) is 47.8 Å². The van der Waals surface area contributed by atoms with Gasteiger partial charge < -0.3 is 5.32 Å². The number of nitrogens with zero attached hydrogens (tertiary/aromatic N) is 2. The first kappa shape index (κ1) is 10.7. The van der Waals surface area contributed by atoms with E-state index >= 15 is 0 Å². The fourth-order valence-electron chi connectivity index (χ4n) is 1.76. The van der Waals surface area contributed by atoms with Gasteiger partial charge in [0.15, 0.2) is 0 Å². The van der Waals surface area contributed by atoms with Crippen molar-refractivity contribution in [3.8, 4) is 0 Å². The highest BCUT2D eigenvalue weighted by atomic mass is 15.2. The predicted molar refractivity (Wildman–Crippen MR) is 66.4 cm³/mol. The molecule has 0 saturated carbocycles. The summed E-state index contributed by atoms with van der Waals surface area (Å²) in [6, 6.07) is 8.42. The molecule has 0 radical (unpaired) electrons. The second-order valence-electron chi connectivity index (χ2n) is 3.89. The van der Waals surface area contributed by atoms with Crippen LogP contribution in [0.1, 0.15) is 18.1 Å². The lowest BCUT2D eigenvalue weighted by atomic mass is 10.1. The molecule has 0 fully saturated rings. The van der Waals surface area contributed by atoms with Crippen LogP contribution in [-0.2, 0) is 20.0 Å². The van der Waals surface area contributed by atoms with Crippen LogP contribution in [0.5, 0.6) is 0 Å². The van der Waals surface area contributed by atoms with E-state index in [-0.39, 0.29) is 0 Å². The maximum Gasteiger partial charge on any atom is 0.0539 e. The molecule has 1 aromatic heterocycles. The zero-order valence-electron chi connectivity index (χ0n) is 9.77. The Bertz CT molecular complexity index is 460. The summed E-state index contributed by atoms with van der Waals surface area (Å²) in [6.45, 7) is 3.00. The number of para-hydroxylation sites is 1. The molecule has 0 aliphatic rings. The molecule has 0 unspecified atom stereocenters. The zero-order valence-corrected chi connectivity index (χ0v) is 9.77. The summed E-state index contributed by atoms with van der Waals surface area (Å²) in [5, 5.41) is 7.59. The molecule has 1 aromatic carbocycles. The van der Waals surface area contributed by atoms with E-state index in [0.29, 0.717) is 0 Å². The Morgan fingerprint density at radius 3 is 2.81 bits per heavy atom. The molecule has 0 amide bonds. The monoisotopic (exact) mass is 215 g/mol. The molecule has 0 spiro atoms. The van der Waals surface area contributed by atoms with Crippen molar-refractivity contribution in [1.82, 2.24) is 9.78 Å². The maximum atomic E-state index is 4.15. The van der Waals surface area contributed by atoms with Crippen LogP contribution >= 0.6 is 0 Å². The second-order valence-corrected chi connectivity index (χ2v) is 3.89. The number of nitrogens with one attached hydrogen (secondary N) is 1. The topological polar surface area (TPSA) is 29.9 Å². The lowest BCUT2D eigenvalue weighted by Gasteiger charge is -2.09. The van der Waals surface area contributed by atoms with Crippen LogP contribution < -0.4 is 5.32 Å². The molecule has 0 saturated heterocycles. The summed E-state index contributed by atoms with van der Waals surface area (Å²) in [6.07, 6.45) is 4.97. The minimum atomic E-state index is 0.824.